The van der Waals surface area contributed by atoms with E-state index in [0.29, 0.717) is 36.4 Å². The number of benzene rings is 1. The lowest BCUT2D eigenvalue weighted by Crippen LogP contribution is -2.39. The van der Waals surface area contributed by atoms with Crippen LogP contribution in [0.2, 0.25) is 5.02 Å². The van der Waals surface area contributed by atoms with Gasteiger partial charge < -0.3 is 14.4 Å². The molecule has 0 bridgehead atoms. The Morgan fingerprint density at radius 2 is 1.96 bits per heavy atom. The molecule has 0 aromatic heterocycles. The van der Waals surface area contributed by atoms with Gasteiger partial charge in [-0.25, -0.2) is 0 Å². The highest BCUT2D eigenvalue weighted by atomic mass is 35.5. The van der Waals surface area contributed by atoms with Crippen LogP contribution in [0.25, 0.3) is 0 Å². The number of esters is 1. The third-order valence-electron chi connectivity index (χ3n) is 3.02. The second-order valence-corrected chi connectivity index (χ2v) is 5.91. The molecule has 5 nitrogen and oxygen atoms in total. The number of para-hydroxylation sites is 1. The highest BCUT2D eigenvalue weighted by molar-refractivity contribution is 6.32. The van der Waals surface area contributed by atoms with Crippen molar-refractivity contribution >= 4 is 23.5 Å². The lowest BCUT2D eigenvalue weighted by Gasteiger charge is -2.24. The van der Waals surface area contributed by atoms with Crippen LogP contribution in [0.15, 0.2) is 24.3 Å². The van der Waals surface area contributed by atoms with Gasteiger partial charge in [-0.05, 0) is 25.0 Å². The van der Waals surface area contributed by atoms with Gasteiger partial charge in [0.15, 0.2) is 6.61 Å². The monoisotopic (exact) mass is 341 g/mol. The molecule has 1 aromatic carbocycles. The molecular weight excluding hydrogens is 318 g/mol. The van der Waals surface area contributed by atoms with Crippen molar-refractivity contribution in [1.82, 2.24) is 4.90 Å². The van der Waals surface area contributed by atoms with E-state index in [2.05, 4.69) is 0 Å². The fourth-order valence-corrected chi connectivity index (χ4v) is 2.20. The maximum atomic E-state index is 12.3. The molecule has 0 N–H and O–H groups in total. The zero-order valence-electron chi connectivity index (χ0n) is 13.9. The van der Waals surface area contributed by atoms with E-state index in [0.717, 1.165) is 0 Å². The summed E-state index contributed by atoms with van der Waals surface area (Å²) in [7, 11) is 0. The Morgan fingerprint density at radius 3 is 2.57 bits per heavy atom. The zero-order valence-corrected chi connectivity index (χ0v) is 14.6. The lowest BCUT2D eigenvalue weighted by molar-refractivity contribution is -0.144. The van der Waals surface area contributed by atoms with Gasteiger partial charge in [0.1, 0.15) is 5.75 Å². The molecule has 0 aliphatic rings. The minimum Gasteiger partial charge on any atom is -0.482 e. The molecule has 6 heteroatoms. The summed E-state index contributed by atoms with van der Waals surface area (Å²) in [5, 5.41) is 0.460. The van der Waals surface area contributed by atoms with Crippen molar-refractivity contribution < 1.29 is 19.1 Å². The second-order valence-electron chi connectivity index (χ2n) is 5.51. The van der Waals surface area contributed by atoms with Crippen LogP contribution < -0.4 is 4.74 Å². The van der Waals surface area contributed by atoms with Gasteiger partial charge in [0.25, 0.3) is 5.91 Å². The van der Waals surface area contributed by atoms with E-state index in [9.17, 15) is 9.59 Å². The van der Waals surface area contributed by atoms with Crippen LogP contribution in [-0.4, -0.2) is 43.1 Å². The summed E-state index contributed by atoms with van der Waals surface area (Å²) in [6.07, 6.45) is 0.179. The highest BCUT2D eigenvalue weighted by Gasteiger charge is 2.17. The molecule has 1 rings (SSSR count). The molecule has 0 unspecified atom stereocenters. The normalized spacial score (nSPS) is 10.5. The first-order valence-electron chi connectivity index (χ1n) is 7.74. The Labute approximate surface area is 142 Å². The smallest absolute Gasteiger partial charge is 0.307 e. The van der Waals surface area contributed by atoms with Crippen LogP contribution in [0.3, 0.4) is 0 Å². The van der Waals surface area contributed by atoms with Crippen molar-refractivity contribution in [3.05, 3.63) is 29.3 Å². The molecule has 0 fully saturated rings. The summed E-state index contributed by atoms with van der Waals surface area (Å²) in [5.41, 5.74) is 0. The van der Waals surface area contributed by atoms with E-state index in [1.807, 2.05) is 13.8 Å². The highest BCUT2D eigenvalue weighted by Crippen LogP contribution is 2.23. The largest absolute Gasteiger partial charge is 0.482 e. The molecule has 128 valence electrons. The molecule has 0 spiro atoms. The lowest BCUT2D eigenvalue weighted by atomic mass is 10.2. The number of halogens is 1. The van der Waals surface area contributed by atoms with E-state index in [4.69, 9.17) is 21.1 Å². The van der Waals surface area contributed by atoms with Gasteiger partial charge in [0.2, 0.25) is 0 Å². The summed E-state index contributed by atoms with van der Waals surface area (Å²) in [6.45, 7) is 6.89. The number of hydrogen-bond acceptors (Lipinski definition) is 4. The first kappa shape index (κ1) is 19.3. The summed E-state index contributed by atoms with van der Waals surface area (Å²) in [4.78, 5) is 25.4. The van der Waals surface area contributed by atoms with Gasteiger partial charge in [-0.2, -0.15) is 0 Å². The minimum absolute atomic E-state index is 0.112. The fraction of sp³-hybridized carbons (Fsp3) is 0.529. The number of rotatable bonds is 9. The van der Waals surface area contributed by atoms with Crippen molar-refractivity contribution in [3.8, 4) is 5.75 Å². The van der Waals surface area contributed by atoms with Crippen molar-refractivity contribution in [2.24, 2.45) is 5.92 Å². The molecule has 0 aliphatic carbocycles. The third-order valence-corrected chi connectivity index (χ3v) is 3.33. The topological polar surface area (TPSA) is 55.8 Å². The van der Waals surface area contributed by atoms with Gasteiger partial charge in [0.05, 0.1) is 18.1 Å². The zero-order chi connectivity index (χ0) is 17.2. The van der Waals surface area contributed by atoms with Gasteiger partial charge in [-0.1, -0.05) is 37.6 Å². The maximum absolute atomic E-state index is 12.3. The van der Waals surface area contributed by atoms with Crippen LogP contribution in [0.1, 0.15) is 27.2 Å². The number of nitrogens with zero attached hydrogens (tertiary/aromatic N) is 1. The Balaban J connectivity index is 2.57. The Hall–Kier alpha value is -1.75. The first-order chi connectivity index (χ1) is 10.9. The number of carbonyl (C=O) groups excluding carboxylic acids is 2. The van der Waals surface area contributed by atoms with E-state index >= 15 is 0 Å². The van der Waals surface area contributed by atoms with Gasteiger partial charge in [-0.15, -0.1) is 0 Å². The van der Waals surface area contributed by atoms with E-state index < -0.39 is 0 Å². The number of hydrogen-bond donors (Lipinski definition) is 0. The Morgan fingerprint density at radius 1 is 1.26 bits per heavy atom. The minimum atomic E-state index is -0.305. The predicted molar refractivity (Wildman–Crippen MR) is 89.6 cm³/mol. The van der Waals surface area contributed by atoms with Crippen molar-refractivity contribution in [2.75, 3.05) is 26.3 Å². The Bertz CT molecular complexity index is 519. The standard InChI is InChI=1S/C17H24ClNO4/c1-4-22-17(21)9-10-19(11-13(2)3)16(20)12-23-15-8-6-5-7-14(15)18/h5-8,13H,4,9-12H2,1-3H3. The molecule has 0 heterocycles. The molecule has 0 saturated heterocycles. The molecule has 1 amide bonds. The van der Waals surface area contributed by atoms with E-state index in [1.165, 1.54) is 0 Å². The van der Waals surface area contributed by atoms with Crippen molar-refractivity contribution in [2.45, 2.75) is 27.2 Å². The van der Waals surface area contributed by atoms with Crippen molar-refractivity contribution in [3.63, 3.8) is 0 Å². The molecule has 0 saturated carbocycles. The molecule has 0 radical (unpaired) electrons. The van der Waals surface area contributed by atoms with E-state index in [-0.39, 0.29) is 24.9 Å². The molecular formula is C17H24ClNO4. The summed E-state index contributed by atoms with van der Waals surface area (Å²) < 4.78 is 10.4. The molecule has 1 aromatic rings. The third kappa shape index (κ3) is 7.37. The summed E-state index contributed by atoms with van der Waals surface area (Å²) in [6, 6.07) is 6.99. The van der Waals surface area contributed by atoms with Gasteiger partial charge in [-0.3, -0.25) is 9.59 Å². The SMILES string of the molecule is CCOC(=O)CCN(CC(C)C)C(=O)COc1ccccc1Cl. The van der Waals surface area contributed by atoms with Gasteiger partial charge >= 0.3 is 5.97 Å². The van der Waals surface area contributed by atoms with E-state index in [1.54, 1.807) is 36.1 Å². The van der Waals surface area contributed by atoms with Crippen LogP contribution in [0.4, 0.5) is 0 Å². The average molecular weight is 342 g/mol. The second kappa shape index (κ2) is 10.1. The van der Waals surface area contributed by atoms with Crippen LogP contribution in [0, 0.1) is 5.92 Å². The number of amides is 1. The first-order valence-corrected chi connectivity index (χ1v) is 8.12. The van der Waals surface area contributed by atoms with Gasteiger partial charge in [0, 0.05) is 13.1 Å². The molecule has 0 aliphatic heterocycles. The number of ether oxygens (including phenoxy) is 2. The maximum Gasteiger partial charge on any atom is 0.307 e. The quantitative estimate of drug-likeness (QED) is 0.647. The van der Waals surface area contributed by atoms with Crippen LogP contribution in [-0.2, 0) is 14.3 Å². The predicted octanol–water partition coefficient (Wildman–Crippen LogP) is 3.16. The van der Waals surface area contributed by atoms with Crippen LogP contribution in [0.5, 0.6) is 5.75 Å². The fourth-order valence-electron chi connectivity index (χ4n) is 2.01. The summed E-state index contributed by atoms with van der Waals surface area (Å²) in [5.74, 6) is 0.280. The Kier molecular flexibility index (Phi) is 8.48. The average Bonchev–Trinajstić information content (AvgIpc) is 2.50. The van der Waals surface area contributed by atoms with Crippen LogP contribution >= 0.6 is 11.6 Å². The molecule has 0 atom stereocenters. The summed E-state index contributed by atoms with van der Waals surface area (Å²) >= 11 is 6.00. The molecule has 23 heavy (non-hydrogen) atoms. The van der Waals surface area contributed by atoms with Crippen molar-refractivity contribution in [1.29, 1.82) is 0 Å². The number of carbonyl (C=O) groups is 2.